The Bertz CT molecular complexity index is 264. The number of fused-ring (bicyclic) bond motifs is 1. The molecule has 60 valence electrons. The molecule has 0 aliphatic carbocycles. The van der Waals surface area contributed by atoms with E-state index in [1.807, 2.05) is 6.20 Å². The Balaban J connectivity index is 2.43. The van der Waals surface area contributed by atoms with Gasteiger partial charge in [-0.15, -0.1) is 0 Å². The van der Waals surface area contributed by atoms with E-state index in [2.05, 4.69) is 16.5 Å². The van der Waals surface area contributed by atoms with Gasteiger partial charge >= 0.3 is 0 Å². The number of hydrogen-bond acceptors (Lipinski definition) is 2. The Morgan fingerprint density at radius 3 is 3.27 bits per heavy atom. The van der Waals surface area contributed by atoms with E-state index in [1.54, 1.807) is 0 Å². The third kappa shape index (κ3) is 1.00. The highest BCUT2D eigenvalue weighted by Gasteiger charge is 2.17. The van der Waals surface area contributed by atoms with Crippen LogP contribution in [0.25, 0.3) is 0 Å². The predicted molar refractivity (Wildman–Crippen MR) is 44.3 cm³/mol. The van der Waals surface area contributed by atoms with Gasteiger partial charge in [0.2, 0.25) is 0 Å². The first kappa shape index (κ1) is 6.70. The number of aromatic nitrogens is 2. The normalized spacial score (nSPS) is 23.2. The van der Waals surface area contributed by atoms with E-state index in [-0.39, 0.29) is 0 Å². The van der Waals surface area contributed by atoms with Crippen LogP contribution in [0.3, 0.4) is 0 Å². The van der Waals surface area contributed by atoms with Crippen molar-refractivity contribution in [2.75, 3.05) is 5.73 Å². The second kappa shape index (κ2) is 2.26. The van der Waals surface area contributed by atoms with Crippen molar-refractivity contribution in [2.45, 2.75) is 32.2 Å². The molecule has 0 aromatic carbocycles. The minimum Gasteiger partial charge on any atom is -0.382 e. The smallest absolute Gasteiger partial charge is 0.141 e. The lowest BCUT2D eigenvalue weighted by Crippen LogP contribution is -2.12. The van der Waals surface area contributed by atoms with Gasteiger partial charge in [-0.25, -0.2) is 4.98 Å². The van der Waals surface area contributed by atoms with Crippen molar-refractivity contribution in [3.8, 4) is 0 Å². The summed E-state index contributed by atoms with van der Waals surface area (Å²) in [5.41, 5.74) is 5.59. The summed E-state index contributed by atoms with van der Waals surface area (Å²) in [6.07, 6.45) is 4.44. The number of nitrogens with two attached hydrogens (primary N) is 1. The first-order valence-corrected chi connectivity index (χ1v) is 4.10. The van der Waals surface area contributed by atoms with Gasteiger partial charge in [-0.3, -0.25) is 0 Å². The maximum absolute atomic E-state index is 5.59. The van der Waals surface area contributed by atoms with Crippen LogP contribution in [-0.4, -0.2) is 9.55 Å². The molecule has 2 rings (SSSR count). The van der Waals surface area contributed by atoms with Crippen LogP contribution in [0.4, 0.5) is 5.82 Å². The van der Waals surface area contributed by atoms with Crippen LogP contribution in [0, 0.1) is 0 Å². The second-order valence-corrected chi connectivity index (χ2v) is 3.26. The highest BCUT2D eigenvalue weighted by molar-refractivity contribution is 5.27. The van der Waals surface area contributed by atoms with E-state index in [9.17, 15) is 0 Å². The maximum Gasteiger partial charge on any atom is 0.141 e. The topological polar surface area (TPSA) is 43.8 Å². The van der Waals surface area contributed by atoms with Crippen molar-refractivity contribution in [1.82, 2.24) is 9.55 Å². The highest BCUT2D eigenvalue weighted by atomic mass is 15.1. The standard InChI is InChI=1S/C8H13N3/c1-6-3-2-4-11-5-7(9)10-8(6)11/h5-6H,2-4,9H2,1H3. The summed E-state index contributed by atoms with van der Waals surface area (Å²) < 4.78 is 2.17. The zero-order chi connectivity index (χ0) is 7.84. The monoisotopic (exact) mass is 151 g/mol. The Hall–Kier alpha value is -0.990. The minimum absolute atomic E-state index is 0.584. The fourth-order valence-corrected chi connectivity index (χ4v) is 1.72. The Morgan fingerprint density at radius 2 is 2.55 bits per heavy atom. The largest absolute Gasteiger partial charge is 0.382 e. The molecule has 2 heterocycles. The van der Waals surface area contributed by atoms with E-state index in [4.69, 9.17) is 5.73 Å². The zero-order valence-corrected chi connectivity index (χ0v) is 6.75. The molecule has 1 atom stereocenters. The molecule has 0 bridgehead atoms. The van der Waals surface area contributed by atoms with Gasteiger partial charge in [0, 0.05) is 18.7 Å². The van der Waals surface area contributed by atoms with Crippen molar-refractivity contribution in [3.63, 3.8) is 0 Å². The Kier molecular flexibility index (Phi) is 1.37. The molecule has 0 saturated heterocycles. The number of aryl methyl sites for hydroxylation is 1. The van der Waals surface area contributed by atoms with Crippen molar-refractivity contribution in [1.29, 1.82) is 0 Å². The van der Waals surface area contributed by atoms with Crippen LogP contribution in [0.15, 0.2) is 6.20 Å². The maximum atomic E-state index is 5.59. The van der Waals surface area contributed by atoms with Gasteiger partial charge in [-0.1, -0.05) is 6.92 Å². The van der Waals surface area contributed by atoms with Gasteiger partial charge < -0.3 is 10.3 Å². The van der Waals surface area contributed by atoms with Gasteiger partial charge in [-0.2, -0.15) is 0 Å². The summed E-state index contributed by atoms with van der Waals surface area (Å²) in [6.45, 7) is 3.29. The summed E-state index contributed by atoms with van der Waals surface area (Å²) in [7, 11) is 0. The van der Waals surface area contributed by atoms with Crippen molar-refractivity contribution < 1.29 is 0 Å². The van der Waals surface area contributed by atoms with Crippen molar-refractivity contribution in [2.24, 2.45) is 0 Å². The first-order valence-electron chi connectivity index (χ1n) is 4.10. The van der Waals surface area contributed by atoms with Gasteiger partial charge in [-0.05, 0) is 12.8 Å². The van der Waals surface area contributed by atoms with Crippen LogP contribution < -0.4 is 5.73 Å². The number of nitrogens with zero attached hydrogens (tertiary/aromatic N) is 2. The minimum atomic E-state index is 0.584. The SMILES string of the molecule is CC1CCCn2cc(N)nc21. The fourth-order valence-electron chi connectivity index (χ4n) is 1.72. The molecule has 1 aromatic rings. The first-order chi connectivity index (χ1) is 5.27. The number of rotatable bonds is 0. The summed E-state index contributed by atoms with van der Waals surface area (Å²) in [5.74, 6) is 2.41. The lowest BCUT2D eigenvalue weighted by molar-refractivity contribution is 0.463. The molecule has 1 unspecified atom stereocenters. The van der Waals surface area contributed by atoms with Crippen molar-refractivity contribution >= 4 is 5.82 Å². The molecule has 1 aromatic heterocycles. The molecule has 3 heteroatoms. The number of hydrogen-bond donors (Lipinski definition) is 1. The highest BCUT2D eigenvalue weighted by Crippen LogP contribution is 2.26. The molecule has 0 radical (unpaired) electrons. The molecule has 0 amide bonds. The molecule has 0 fully saturated rings. The third-order valence-corrected chi connectivity index (χ3v) is 2.30. The average Bonchev–Trinajstić information content (AvgIpc) is 2.31. The van der Waals surface area contributed by atoms with Gasteiger partial charge in [0.1, 0.15) is 11.6 Å². The van der Waals surface area contributed by atoms with E-state index >= 15 is 0 Å². The summed E-state index contributed by atoms with van der Waals surface area (Å²) >= 11 is 0. The Morgan fingerprint density at radius 1 is 1.73 bits per heavy atom. The zero-order valence-electron chi connectivity index (χ0n) is 6.75. The molecule has 3 nitrogen and oxygen atoms in total. The molecule has 1 aliphatic rings. The lowest BCUT2D eigenvalue weighted by Gasteiger charge is -2.18. The number of imidazole rings is 1. The molecular weight excluding hydrogens is 138 g/mol. The van der Waals surface area contributed by atoms with E-state index in [0.717, 1.165) is 12.4 Å². The van der Waals surface area contributed by atoms with Crippen LogP contribution in [-0.2, 0) is 6.54 Å². The third-order valence-electron chi connectivity index (χ3n) is 2.30. The lowest BCUT2D eigenvalue weighted by atomic mass is 10.0. The summed E-state index contributed by atoms with van der Waals surface area (Å²) in [5, 5.41) is 0. The van der Waals surface area contributed by atoms with Crippen LogP contribution in [0.2, 0.25) is 0 Å². The molecule has 0 saturated carbocycles. The van der Waals surface area contributed by atoms with E-state index in [0.29, 0.717) is 11.7 Å². The fraction of sp³-hybridized carbons (Fsp3) is 0.625. The van der Waals surface area contributed by atoms with Crippen LogP contribution in [0.5, 0.6) is 0 Å². The number of anilines is 1. The van der Waals surface area contributed by atoms with Gasteiger partial charge in [0.15, 0.2) is 0 Å². The van der Waals surface area contributed by atoms with E-state index in [1.165, 1.54) is 12.8 Å². The Labute approximate surface area is 66.2 Å². The molecule has 1 aliphatic heterocycles. The summed E-state index contributed by atoms with van der Waals surface area (Å²) in [6, 6.07) is 0. The van der Waals surface area contributed by atoms with Crippen LogP contribution >= 0.6 is 0 Å². The van der Waals surface area contributed by atoms with E-state index < -0.39 is 0 Å². The van der Waals surface area contributed by atoms with Crippen LogP contribution in [0.1, 0.15) is 31.5 Å². The molecular formula is C8H13N3. The summed E-state index contributed by atoms with van der Waals surface area (Å²) in [4.78, 5) is 4.27. The average molecular weight is 151 g/mol. The van der Waals surface area contributed by atoms with Gasteiger partial charge in [0.25, 0.3) is 0 Å². The molecule has 2 N–H and O–H groups in total. The quantitative estimate of drug-likeness (QED) is 0.608. The second-order valence-electron chi connectivity index (χ2n) is 3.26. The van der Waals surface area contributed by atoms with Gasteiger partial charge in [0.05, 0.1) is 0 Å². The predicted octanol–water partition coefficient (Wildman–Crippen LogP) is 1.36. The van der Waals surface area contributed by atoms with Crippen molar-refractivity contribution in [3.05, 3.63) is 12.0 Å². The molecule has 0 spiro atoms. The number of nitrogen functional groups attached to an aromatic ring is 1. The molecule has 11 heavy (non-hydrogen) atoms.